The second-order valence-electron chi connectivity index (χ2n) is 26.9. The van der Waals surface area contributed by atoms with Crippen molar-refractivity contribution in [3.8, 4) is 24.7 Å². The van der Waals surface area contributed by atoms with Crippen molar-refractivity contribution in [3.63, 3.8) is 0 Å². The normalized spacial score (nSPS) is 36.6. The fraction of sp³-hybridized carbons (Fsp3) is 0.792. The Hall–Kier alpha value is -5.57. The van der Waals surface area contributed by atoms with Gasteiger partial charge in [0.2, 0.25) is 31.5 Å². The standard InChI is InChI=1S/C15H24O7.C13H18O5.C12H19BrO5.C12H19ClO5.C12H19IO5.C8H12O4/c1-7-13(20-11(5)17)8(2)15(21-12(6)18)22-14(7)9(3)19-10(4)16;1-6-11-7(2)12(16-9(4)14)8(3)13(18-11)17-10(5)15;3*1-6-10(5-13)18-12(17-9(4)15)7(2)11(6)16-8(3)14;1-3-5-7(10)6(9)4(2)8(11)12-5/h7-9,13-15H,1-6H3;1,7-8,11-13H,2-5H3;3*6-7,10-12H,5H2,1-4H3;1,4-11H,2H3/t7-,8-,9+,13+,14+,15?;7-,8+,11+,12-,13?;3*6-,7+,10+,11-,12?;4-,5-,6-,7+,8?/m011110/s1. The minimum absolute atomic E-state index is 0.0371. The molecule has 0 aromatic rings. The molecule has 6 aliphatic rings. The second kappa shape index (κ2) is 47.5. The fourth-order valence-electron chi connectivity index (χ4n) is 12.5. The van der Waals surface area contributed by atoms with Crippen LogP contribution in [0.15, 0.2) is 0 Å². The number of halogens is 3. The molecule has 6 unspecified atom stereocenters. The van der Waals surface area contributed by atoms with Gasteiger partial charge < -0.3 is 95.8 Å². The molecular formula is C72H111BrClIO31. The molecule has 0 radical (unpaired) electrons. The van der Waals surface area contributed by atoms with E-state index in [1.807, 2.05) is 55.4 Å². The van der Waals surface area contributed by atoms with Gasteiger partial charge in [0.15, 0.2) is 6.29 Å². The summed E-state index contributed by atoms with van der Waals surface area (Å²) in [4.78, 5) is 122. The van der Waals surface area contributed by atoms with Crippen molar-refractivity contribution < 1.29 is 149 Å². The van der Waals surface area contributed by atoms with Crippen molar-refractivity contribution in [2.24, 2.45) is 65.1 Å². The molecule has 0 spiro atoms. The highest BCUT2D eigenvalue weighted by Crippen LogP contribution is 2.39. The van der Waals surface area contributed by atoms with Gasteiger partial charge in [0.1, 0.15) is 61.0 Å². The molecule has 6 fully saturated rings. The molecule has 3 N–H and O–H groups in total. The highest BCUT2D eigenvalue weighted by molar-refractivity contribution is 14.1. The molecule has 606 valence electrons. The summed E-state index contributed by atoms with van der Waals surface area (Å²) in [7, 11) is 0. The number of ether oxygens (including phenoxy) is 17. The van der Waals surface area contributed by atoms with Crippen LogP contribution in [0.3, 0.4) is 0 Å². The quantitative estimate of drug-likeness (QED) is 0.0502. The molecule has 6 saturated heterocycles. The van der Waals surface area contributed by atoms with E-state index < -0.39 is 140 Å². The zero-order valence-electron chi connectivity index (χ0n) is 64.6. The molecule has 6 heterocycles. The van der Waals surface area contributed by atoms with Gasteiger partial charge in [-0.05, 0) is 6.92 Å². The zero-order chi connectivity index (χ0) is 81.8. The van der Waals surface area contributed by atoms with Crippen molar-refractivity contribution in [2.45, 2.75) is 282 Å². The number of hydrogen-bond donors (Lipinski definition) is 3. The number of rotatable bonds is 15. The fourth-order valence-corrected chi connectivity index (χ4v) is 14.6. The topological polar surface area (TPSA) is 405 Å². The van der Waals surface area contributed by atoms with Crippen LogP contribution in [0.2, 0.25) is 0 Å². The first kappa shape index (κ1) is 98.4. The maximum atomic E-state index is 11.3. The van der Waals surface area contributed by atoms with Crippen LogP contribution >= 0.6 is 50.1 Å². The molecule has 34 heteroatoms. The van der Waals surface area contributed by atoms with Crippen molar-refractivity contribution in [1.82, 2.24) is 0 Å². The molecule has 0 bridgehead atoms. The maximum absolute atomic E-state index is 11.3. The summed E-state index contributed by atoms with van der Waals surface area (Å²) in [5.41, 5.74) is 0. The van der Waals surface area contributed by atoms with Gasteiger partial charge in [-0.15, -0.1) is 24.4 Å². The summed E-state index contributed by atoms with van der Waals surface area (Å²) < 4.78 is 91.2. The first-order valence-corrected chi connectivity index (χ1v) is 37.8. The largest absolute Gasteiger partial charge is 0.462 e. The number of hydrogen-bond acceptors (Lipinski definition) is 31. The van der Waals surface area contributed by atoms with Gasteiger partial charge in [-0.1, -0.05) is 127 Å². The second-order valence-corrected chi connectivity index (χ2v) is 28.8. The summed E-state index contributed by atoms with van der Waals surface area (Å²) >= 11 is 11.4. The van der Waals surface area contributed by atoms with Crippen LogP contribution in [-0.4, -0.2) is 220 Å². The molecule has 31 nitrogen and oxygen atoms in total. The summed E-state index contributed by atoms with van der Waals surface area (Å²) in [5, 5.41) is 28.4. The Labute approximate surface area is 648 Å². The van der Waals surface area contributed by atoms with Crippen LogP contribution in [0.25, 0.3) is 0 Å². The maximum Gasteiger partial charge on any atom is 0.304 e. The van der Waals surface area contributed by atoms with Gasteiger partial charge >= 0.3 is 65.7 Å². The van der Waals surface area contributed by atoms with Crippen LogP contribution in [0.1, 0.15) is 159 Å². The molecule has 0 aromatic carbocycles. The lowest BCUT2D eigenvalue weighted by Gasteiger charge is -2.44. The van der Waals surface area contributed by atoms with Crippen LogP contribution in [0, 0.1) is 89.8 Å². The van der Waals surface area contributed by atoms with Crippen molar-refractivity contribution in [3.05, 3.63) is 0 Å². The van der Waals surface area contributed by atoms with Crippen LogP contribution in [-0.2, 0) is 133 Å². The Morgan fingerprint density at radius 3 is 0.962 bits per heavy atom. The summed E-state index contributed by atoms with van der Waals surface area (Å²) in [6, 6.07) is 0. The smallest absolute Gasteiger partial charge is 0.304 e. The lowest BCUT2D eigenvalue weighted by atomic mass is 9.83. The van der Waals surface area contributed by atoms with E-state index in [1.54, 1.807) is 27.7 Å². The van der Waals surface area contributed by atoms with Gasteiger partial charge in [-0.25, -0.2) is 0 Å². The summed E-state index contributed by atoms with van der Waals surface area (Å²) in [6.07, 6.45) is -1.63. The minimum Gasteiger partial charge on any atom is -0.462 e. The van der Waals surface area contributed by atoms with Gasteiger partial charge in [0, 0.05) is 127 Å². The predicted octanol–water partition coefficient (Wildman–Crippen LogP) is 6.74. The zero-order valence-corrected chi connectivity index (χ0v) is 69.1. The Bertz CT molecular complexity index is 2800. The Balaban J connectivity index is 0.000000640. The Kier molecular flexibility index (Phi) is 44.1. The number of alkyl halides is 3. The van der Waals surface area contributed by atoms with Crippen molar-refractivity contribution in [2.75, 3.05) is 15.6 Å². The predicted molar refractivity (Wildman–Crippen MR) is 386 cm³/mol. The molecule has 0 saturated carbocycles. The van der Waals surface area contributed by atoms with Crippen molar-refractivity contribution >= 4 is 116 Å². The highest BCUT2D eigenvalue weighted by Gasteiger charge is 2.51. The molecule has 6 aliphatic heterocycles. The van der Waals surface area contributed by atoms with E-state index in [0.29, 0.717) is 5.33 Å². The van der Waals surface area contributed by atoms with Crippen LogP contribution in [0.5, 0.6) is 0 Å². The highest BCUT2D eigenvalue weighted by atomic mass is 127. The SMILES string of the molecule is C#C[C@@H]1OC(O)[C@@H](C)[C@H](O)[C@@H]1O.C#C[C@@H]1OC(OC(C)=O)[C@@H](C)[C@H](OC(C)=O)[C@@H]1C.CC(=O)OC1O[C@@H](CBr)[C@@H](C)[C@@H](OC(C)=O)[C@@H]1C.CC(=O)OC1O[C@@H](CCl)[C@@H](C)[C@@H](OC(C)=O)[C@@H]1C.CC(=O)OC1O[C@@H](CI)[C@@H](C)[C@@H](OC(C)=O)[C@@H]1C.CC(=O)OC1O[C@@H]([C@@H](C)OC(C)=O)[C@@H](C)[C@@H](OC(C)=O)[C@@H]1C. The number of aliphatic hydroxyl groups is 3. The summed E-state index contributed by atoms with van der Waals surface area (Å²) in [6.45, 7) is 36.5. The Morgan fingerprint density at radius 1 is 0.377 bits per heavy atom. The van der Waals surface area contributed by atoms with E-state index in [1.165, 1.54) is 76.2 Å². The van der Waals surface area contributed by atoms with Crippen molar-refractivity contribution in [1.29, 1.82) is 0 Å². The van der Waals surface area contributed by atoms with Gasteiger partial charge in [0.05, 0.1) is 54.0 Å². The minimum atomic E-state index is -1.12. The van der Waals surface area contributed by atoms with E-state index >= 15 is 0 Å². The number of aliphatic hydroxyl groups excluding tert-OH is 3. The third kappa shape index (κ3) is 31.4. The molecule has 31 atom stereocenters. The van der Waals surface area contributed by atoms with E-state index in [4.69, 9.17) is 105 Å². The van der Waals surface area contributed by atoms with Crippen LogP contribution in [0.4, 0.5) is 0 Å². The first-order chi connectivity index (χ1) is 49.2. The monoisotopic (exact) mass is 1710 g/mol. The summed E-state index contributed by atoms with van der Waals surface area (Å²) in [5.74, 6) is -1.62. The van der Waals surface area contributed by atoms with Gasteiger partial charge in [0.25, 0.3) is 0 Å². The van der Waals surface area contributed by atoms with E-state index in [0.717, 1.165) is 4.43 Å². The number of esters is 11. The van der Waals surface area contributed by atoms with E-state index in [9.17, 15) is 68.1 Å². The molecule has 0 amide bonds. The lowest BCUT2D eigenvalue weighted by Crippen LogP contribution is -2.55. The lowest BCUT2D eigenvalue weighted by molar-refractivity contribution is -0.272. The van der Waals surface area contributed by atoms with E-state index in [2.05, 4.69) is 50.4 Å². The molecule has 0 aromatic heterocycles. The Morgan fingerprint density at radius 2 is 0.660 bits per heavy atom. The number of carbonyl (C=O) groups is 11. The first-order valence-electron chi connectivity index (χ1n) is 34.6. The van der Waals surface area contributed by atoms with E-state index in [-0.39, 0.29) is 120 Å². The third-order valence-electron chi connectivity index (χ3n) is 18.0. The third-order valence-corrected chi connectivity index (χ3v) is 19.8. The molecular weight excluding hydrogens is 1600 g/mol. The van der Waals surface area contributed by atoms with Crippen LogP contribution < -0.4 is 0 Å². The molecule has 0 aliphatic carbocycles. The average Bonchev–Trinajstić information content (AvgIpc) is 0.818. The van der Waals surface area contributed by atoms with Gasteiger partial charge in [-0.3, -0.25) is 52.7 Å². The number of carbonyl (C=O) groups excluding carboxylic acids is 11. The molecule has 106 heavy (non-hydrogen) atoms. The number of terminal acetylenes is 2. The molecule has 6 rings (SSSR count). The van der Waals surface area contributed by atoms with Gasteiger partial charge in [-0.2, -0.15) is 0 Å². The average molecular weight is 1710 g/mol.